The fourth-order valence-electron chi connectivity index (χ4n) is 3.66. The molecule has 156 valence electrons. The van der Waals surface area contributed by atoms with Crippen molar-refractivity contribution in [3.63, 3.8) is 0 Å². The Bertz CT molecular complexity index is 1100. The smallest absolute Gasteiger partial charge is 0.368 e. The Morgan fingerprint density at radius 1 is 1.23 bits per heavy atom. The van der Waals surface area contributed by atoms with Crippen LogP contribution >= 0.6 is 0 Å². The van der Waals surface area contributed by atoms with Gasteiger partial charge in [0, 0.05) is 18.3 Å². The van der Waals surface area contributed by atoms with Gasteiger partial charge in [-0.05, 0) is 37.8 Å². The number of amides is 1. The first kappa shape index (κ1) is 19.8. The van der Waals surface area contributed by atoms with Crippen molar-refractivity contribution in [2.45, 2.75) is 43.9 Å². The van der Waals surface area contributed by atoms with Crippen LogP contribution in [0.5, 0.6) is 0 Å². The van der Waals surface area contributed by atoms with E-state index in [9.17, 15) is 18.0 Å². The van der Waals surface area contributed by atoms with Crippen molar-refractivity contribution in [2.24, 2.45) is 0 Å². The van der Waals surface area contributed by atoms with E-state index in [-0.39, 0.29) is 34.9 Å². The van der Waals surface area contributed by atoms with Gasteiger partial charge < -0.3 is 10.6 Å². The molecule has 1 fully saturated rings. The van der Waals surface area contributed by atoms with Crippen LogP contribution < -0.4 is 10.6 Å². The van der Waals surface area contributed by atoms with Gasteiger partial charge in [-0.1, -0.05) is 6.07 Å². The summed E-state index contributed by atoms with van der Waals surface area (Å²) in [5.74, 6) is 0.194. The highest BCUT2D eigenvalue weighted by Crippen LogP contribution is 2.30. The Hall–Kier alpha value is -3.55. The molecule has 3 aromatic heterocycles. The van der Waals surface area contributed by atoms with E-state index < -0.39 is 11.9 Å². The first-order valence-electron chi connectivity index (χ1n) is 9.41. The number of hydrogen-bond acceptors (Lipinski definition) is 5. The Labute approximate surface area is 169 Å². The summed E-state index contributed by atoms with van der Waals surface area (Å²) in [6.45, 7) is 0. The number of anilines is 1. The molecule has 30 heavy (non-hydrogen) atoms. The first-order chi connectivity index (χ1) is 14.3. The molecule has 1 saturated carbocycles. The summed E-state index contributed by atoms with van der Waals surface area (Å²) in [5, 5.41) is 21.4. The molecule has 1 aliphatic rings. The first-order valence-corrected chi connectivity index (χ1v) is 9.41. The van der Waals surface area contributed by atoms with Crippen molar-refractivity contribution >= 4 is 17.4 Å². The minimum atomic E-state index is -4.50. The zero-order valence-electron chi connectivity index (χ0n) is 15.7. The van der Waals surface area contributed by atoms with Crippen molar-refractivity contribution < 1.29 is 18.0 Å². The number of nitriles is 1. The molecule has 0 spiro atoms. The molecular formula is C19H18F3N7O. The van der Waals surface area contributed by atoms with Crippen LogP contribution in [-0.2, 0) is 6.18 Å². The molecule has 3 N–H and O–H groups in total. The molecule has 0 saturated heterocycles. The number of aromatic amines is 1. The van der Waals surface area contributed by atoms with Crippen LogP contribution in [0.1, 0.15) is 47.4 Å². The highest BCUT2D eigenvalue weighted by Gasteiger charge is 2.34. The lowest BCUT2D eigenvalue weighted by molar-refractivity contribution is -0.140. The standard InChI is InChI=1S/C19H18F3N7O/c20-19(21,22)15-10-29-16(2-1-3-17(29)27-15)25-11-4-6-12(7-5-11)26-18(30)13-9-24-28-14(13)8-23/h1-3,9-12,25H,4-7H2,(H,24,28)(H,26,30)/t11-,12+. The van der Waals surface area contributed by atoms with Gasteiger partial charge in [0.1, 0.15) is 23.2 Å². The van der Waals surface area contributed by atoms with E-state index in [1.165, 1.54) is 16.7 Å². The average Bonchev–Trinajstić information content (AvgIpc) is 3.36. The second-order valence-electron chi connectivity index (χ2n) is 7.20. The number of nitrogens with zero attached hydrogens (tertiary/aromatic N) is 4. The van der Waals surface area contributed by atoms with Crippen molar-refractivity contribution in [2.75, 3.05) is 5.32 Å². The lowest BCUT2D eigenvalue weighted by Gasteiger charge is -2.30. The molecule has 4 rings (SSSR count). The van der Waals surface area contributed by atoms with Crippen LogP contribution in [0.4, 0.5) is 19.0 Å². The topological polar surface area (TPSA) is 111 Å². The summed E-state index contributed by atoms with van der Waals surface area (Å²) >= 11 is 0. The van der Waals surface area contributed by atoms with E-state index in [1.807, 2.05) is 6.07 Å². The number of fused-ring (bicyclic) bond motifs is 1. The van der Waals surface area contributed by atoms with Crippen molar-refractivity contribution in [1.29, 1.82) is 5.26 Å². The molecule has 3 aromatic rings. The predicted octanol–water partition coefficient (Wildman–Crippen LogP) is 3.10. The molecule has 0 aromatic carbocycles. The van der Waals surface area contributed by atoms with E-state index in [1.54, 1.807) is 12.1 Å². The molecule has 8 nitrogen and oxygen atoms in total. The second-order valence-corrected chi connectivity index (χ2v) is 7.20. The van der Waals surface area contributed by atoms with Gasteiger partial charge in [-0.15, -0.1) is 0 Å². The van der Waals surface area contributed by atoms with E-state index >= 15 is 0 Å². The Balaban J connectivity index is 1.38. The zero-order valence-corrected chi connectivity index (χ0v) is 15.7. The van der Waals surface area contributed by atoms with Gasteiger partial charge in [0.2, 0.25) is 0 Å². The van der Waals surface area contributed by atoms with Crippen LogP contribution in [0.2, 0.25) is 0 Å². The van der Waals surface area contributed by atoms with E-state index in [0.717, 1.165) is 19.0 Å². The molecule has 0 unspecified atom stereocenters. The van der Waals surface area contributed by atoms with Crippen LogP contribution in [0.25, 0.3) is 5.65 Å². The molecule has 0 aliphatic heterocycles. The quantitative estimate of drug-likeness (QED) is 0.604. The molecule has 0 bridgehead atoms. The summed E-state index contributed by atoms with van der Waals surface area (Å²) in [4.78, 5) is 16.0. The highest BCUT2D eigenvalue weighted by molar-refractivity contribution is 5.96. The molecule has 11 heteroatoms. The van der Waals surface area contributed by atoms with Gasteiger partial charge in [-0.25, -0.2) is 4.98 Å². The molecule has 1 amide bonds. The van der Waals surface area contributed by atoms with Gasteiger partial charge >= 0.3 is 6.18 Å². The predicted molar refractivity (Wildman–Crippen MR) is 101 cm³/mol. The number of halogens is 3. The minimum absolute atomic E-state index is 0.0436. The fourth-order valence-corrected chi connectivity index (χ4v) is 3.66. The Kier molecular flexibility index (Phi) is 5.07. The number of pyridine rings is 1. The summed E-state index contributed by atoms with van der Waals surface area (Å²) < 4.78 is 40.3. The summed E-state index contributed by atoms with van der Waals surface area (Å²) in [5.41, 5.74) is -0.375. The molecule has 3 heterocycles. The highest BCUT2D eigenvalue weighted by atomic mass is 19.4. The zero-order chi connectivity index (χ0) is 21.3. The van der Waals surface area contributed by atoms with Crippen LogP contribution in [0.15, 0.2) is 30.6 Å². The second kappa shape index (κ2) is 7.70. The normalized spacial score (nSPS) is 19.4. The number of carbonyl (C=O) groups is 1. The summed E-state index contributed by atoms with van der Waals surface area (Å²) in [6.07, 6.45) is 0.689. The number of nitrogens with one attached hydrogen (secondary N) is 3. The lowest BCUT2D eigenvalue weighted by atomic mass is 9.91. The van der Waals surface area contributed by atoms with Crippen molar-refractivity contribution in [3.8, 4) is 6.07 Å². The molecule has 0 atom stereocenters. The lowest BCUT2D eigenvalue weighted by Crippen LogP contribution is -2.40. The van der Waals surface area contributed by atoms with E-state index in [0.29, 0.717) is 18.7 Å². The van der Waals surface area contributed by atoms with Crippen LogP contribution in [0, 0.1) is 11.3 Å². The number of aromatic nitrogens is 4. The number of H-pyrrole nitrogens is 1. The van der Waals surface area contributed by atoms with Crippen molar-refractivity contribution in [3.05, 3.63) is 47.5 Å². The molecule has 0 radical (unpaired) electrons. The number of alkyl halides is 3. The maximum Gasteiger partial charge on any atom is 0.434 e. The van der Waals surface area contributed by atoms with E-state index in [2.05, 4.69) is 25.8 Å². The molecular weight excluding hydrogens is 399 g/mol. The number of rotatable bonds is 4. The van der Waals surface area contributed by atoms with Crippen LogP contribution in [-0.4, -0.2) is 37.6 Å². The van der Waals surface area contributed by atoms with Crippen LogP contribution in [0.3, 0.4) is 0 Å². The maximum absolute atomic E-state index is 13.0. The van der Waals surface area contributed by atoms with Crippen molar-refractivity contribution in [1.82, 2.24) is 24.9 Å². The third-order valence-electron chi connectivity index (χ3n) is 5.19. The van der Waals surface area contributed by atoms with Gasteiger partial charge in [0.05, 0.1) is 11.8 Å². The summed E-state index contributed by atoms with van der Waals surface area (Å²) in [6, 6.07) is 6.80. The van der Waals surface area contributed by atoms with Gasteiger partial charge in [0.25, 0.3) is 5.91 Å². The third kappa shape index (κ3) is 3.94. The number of hydrogen-bond donors (Lipinski definition) is 3. The third-order valence-corrected chi connectivity index (χ3v) is 5.19. The SMILES string of the molecule is N#Cc1[nH]ncc1C(=O)N[C@H]1CC[C@@H](Nc2cccc3nc(C(F)(F)F)cn23)CC1. The van der Waals surface area contributed by atoms with Gasteiger partial charge in [-0.3, -0.25) is 14.3 Å². The fraction of sp³-hybridized carbons (Fsp3) is 0.368. The summed E-state index contributed by atoms with van der Waals surface area (Å²) in [7, 11) is 0. The maximum atomic E-state index is 13.0. The average molecular weight is 417 g/mol. The number of carbonyl (C=O) groups excluding carboxylic acids is 1. The Morgan fingerprint density at radius 3 is 2.67 bits per heavy atom. The largest absolute Gasteiger partial charge is 0.434 e. The van der Waals surface area contributed by atoms with Gasteiger partial charge in [0.15, 0.2) is 5.69 Å². The number of imidazole rings is 1. The Morgan fingerprint density at radius 2 is 1.97 bits per heavy atom. The van der Waals surface area contributed by atoms with Gasteiger partial charge in [-0.2, -0.15) is 23.5 Å². The van der Waals surface area contributed by atoms with E-state index in [4.69, 9.17) is 5.26 Å². The molecule has 1 aliphatic carbocycles. The monoisotopic (exact) mass is 417 g/mol. The minimum Gasteiger partial charge on any atom is -0.368 e.